The fraction of sp³-hybridized carbons (Fsp3) is 0.100. The Bertz CT molecular complexity index is 155. The number of rotatable bonds is 0. The number of H-pyrrole nitrogens is 2. The van der Waals surface area contributed by atoms with Crippen LogP contribution in [0, 0.1) is 19.3 Å². The number of aromatic amines is 2. The van der Waals surface area contributed by atoms with E-state index in [1.807, 2.05) is 36.7 Å². The van der Waals surface area contributed by atoms with Gasteiger partial charge in [0.15, 0.2) is 0 Å². The largest absolute Gasteiger partial charge is 3.00 e. The van der Waals surface area contributed by atoms with E-state index >= 15 is 0 Å². The van der Waals surface area contributed by atoms with Gasteiger partial charge in [0, 0.05) is 19.5 Å². The van der Waals surface area contributed by atoms with Crippen LogP contribution in [0.3, 0.4) is 0 Å². The molecule has 0 unspecified atom stereocenters. The van der Waals surface area contributed by atoms with Gasteiger partial charge >= 0.3 is 19.5 Å². The Labute approximate surface area is 111 Å². The van der Waals surface area contributed by atoms with E-state index < -0.39 is 0 Å². The fourth-order valence-corrected chi connectivity index (χ4v) is 0.481. The predicted molar refractivity (Wildman–Crippen MR) is 50.3 cm³/mol. The van der Waals surface area contributed by atoms with Crippen LogP contribution in [-0.2, 0) is 39.0 Å². The van der Waals surface area contributed by atoms with Crippen molar-refractivity contribution in [3.63, 3.8) is 0 Å². The van der Waals surface area contributed by atoms with Crippen molar-refractivity contribution in [2.45, 2.75) is 6.92 Å². The molecule has 0 aliphatic carbocycles. The van der Waals surface area contributed by atoms with Crippen LogP contribution in [-0.4, -0.2) is 9.97 Å². The third-order valence-electron chi connectivity index (χ3n) is 0.885. The zero-order valence-electron chi connectivity index (χ0n) is 7.88. The summed E-state index contributed by atoms with van der Waals surface area (Å²) in [5.41, 5.74) is 0. The molecule has 0 saturated carbocycles. The van der Waals surface area contributed by atoms with Crippen LogP contribution in [0.2, 0.25) is 0 Å². The first kappa shape index (κ1) is 19.4. The van der Waals surface area contributed by atoms with Gasteiger partial charge in [-0.05, 0) is 0 Å². The Hall–Kier alpha value is -0.193. The molecule has 1 radical (unpaired) electrons. The average Bonchev–Trinajstić information content (AvgIpc) is 2.87. The Balaban J connectivity index is -0.000000131. The molecule has 0 spiro atoms. The minimum absolute atomic E-state index is 0. The van der Waals surface area contributed by atoms with Gasteiger partial charge in [-0.2, -0.15) is 43.6 Å². The van der Waals surface area contributed by atoms with Crippen molar-refractivity contribution in [2.75, 3.05) is 0 Å². The maximum Gasteiger partial charge on any atom is 3.00 e. The minimum atomic E-state index is 0. The third kappa shape index (κ3) is 14.3. The second-order valence-electron chi connectivity index (χ2n) is 1.63. The van der Waals surface area contributed by atoms with E-state index in [0.717, 1.165) is 0 Å². The van der Waals surface area contributed by atoms with Crippen LogP contribution in [0.15, 0.2) is 36.7 Å². The molecule has 79 valence electrons. The summed E-state index contributed by atoms with van der Waals surface area (Å²) in [6, 6.07) is 7.42. The van der Waals surface area contributed by atoms with Crippen molar-refractivity contribution in [2.24, 2.45) is 0 Å². The molecule has 2 heterocycles. The van der Waals surface area contributed by atoms with Gasteiger partial charge in [0.25, 0.3) is 0 Å². The first-order valence-corrected chi connectivity index (χ1v) is 3.70. The molecular weight excluding hydrogens is 350 g/mol. The molecule has 0 bridgehead atoms. The van der Waals surface area contributed by atoms with E-state index in [9.17, 15) is 0 Å². The van der Waals surface area contributed by atoms with Crippen molar-refractivity contribution in [1.29, 1.82) is 0 Å². The first-order valence-electron chi connectivity index (χ1n) is 3.70. The van der Waals surface area contributed by atoms with Crippen molar-refractivity contribution in [3.05, 3.63) is 56.0 Å². The molecule has 2 nitrogen and oxygen atoms in total. The van der Waals surface area contributed by atoms with Gasteiger partial charge in [-0.15, -0.1) is 12.4 Å². The Morgan fingerprint density at radius 1 is 0.929 bits per heavy atom. The summed E-state index contributed by atoms with van der Waals surface area (Å²) in [5.74, 6) is 0. The number of aromatic nitrogens is 2. The summed E-state index contributed by atoms with van der Waals surface area (Å²) in [6.45, 7) is 5.00. The molecule has 0 aliphatic heterocycles. The van der Waals surface area contributed by atoms with Gasteiger partial charge in [0.05, 0.1) is 0 Å². The molecule has 2 rings (SSSR count). The molecule has 14 heavy (non-hydrogen) atoms. The monoisotopic (exact) mass is 365 g/mol. The summed E-state index contributed by atoms with van der Waals surface area (Å²) in [5, 5.41) is 0. The van der Waals surface area contributed by atoms with Gasteiger partial charge in [-0.1, -0.05) is 0 Å². The maximum atomic E-state index is 3.25. The fourth-order valence-electron chi connectivity index (χ4n) is 0.481. The van der Waals surface area contributed by atoms with Crippen LogP contribution in [0.5, 0.6) is 0 Å². The third-order valence-corrected chi connectivity index (χ3v) is 0.885. The summed E-state index contributed by atoms with van der Waals surface area (Å²) in [6.07, 6.45) is 9.11. The molecule has 0 aromatic carbocycles. The summed E-state index contributed by atoms with van der Waals surface area (Å²) >= 11 is 0. The molecule has 0 fully saturated rings. The van der Waals surface area contributed by atoms with Crippen molar-refractivity contribution < 1.29 is 39.0 Å². The maximum absolute atomic E-state index is 3.25. The SMILES string of the molecule is [CH2-]C.[Ru+3].[Ru].[c-]1ccc[nH]1.[c-]1ccc[nH]1. The van der Waals surface area contributed by atoms with Gasteiger partial charge in [0.1, 0.15) is 0 Å². The first-order chi connectivity index (χ1) is 6.00. The Kier molecular flexibility index (Phi) is 25.7. The normalized spacial score (nSPS) is 6.14. The van der Waals surface area contributed by atoms with Crippen LogP contribution in [0.25, 0.3) is 0 Å². The van der Waals surface area contributed by atoms with Crippen molar-refractivity contribution in [3.8, 4) is 0 Å². The predicted octanol–water partition coefficient (Wildman–Crippen LogP) is 2.47. The van der Waals surface area contributed by atoms with E-state index in [1.165, 1.54) is 0 Å². The molecular formula is C10H13N2Ru2. The Morgan fingerprint density at radius 2 is 1.29 bits per heavy atom. The van der Waals surface area contributed by atoms with Gasteiger partial charge in [-0.25, -0.2) is 0 Å². The molecule has 2 aromatic rings. The second kappa shape index (κ2) is 18.6. The number of nitrogens with one attached hydrogen (secondary N) is 2. The zero-order valence-corrected chi connectivity index (χ0v) is 11.4. The van der Waals surface area contributed by atoms with Crippen molar-refractivity contribution in [1.82, 2.24) is 9.97 Å². The van der Waals surface area contributed by atoms with Crippen LogP contribution >= 0.6 is 0 Å². The summed E-state index contributed by atoms with van der Waals surface area (Å²) < 4.78 is 0. The number of hydrogen-bond acceptors (Lipinski definition) is 0. The molecule has 2 N–H and O–H groups in total. The topological polar surface area (TPSA) is 31.6 Å². The molecule has 2 aromatic heterocycles. The molecule has 4 heteroatoms. The number of hydrogen-bond donors (Lipinski definition) is 2. The molecule has 0 saturated heterocycles. The summed E-state index contributed by atoms with van der Waals surface area (Å²) in [7, 11) is 0. The summed E-state index contributed by atoms with van der Waals surface area (Å²) in [4.78, 5) is 5.47. The van der Waals surface area contributed by atoms with Gasteiger partial charge in [0.2, 0.25) is 0 Å². The van der Waals surface area contributed by atoms with Crippen LogP contribution in [0.1, 0.15) is 6.92 Å². The average molecular weight is 363 g/mol. The zero-order chi connectivity index (χ0) is 9.07. The van der Waals surface area contributed by atoms with Crippen molar-refractivity contribution >= 4 is 0 Å². The quantitative estimate of drug-likeness (QED) is 0.532. The molecule has 0 amide bonds. The van der Waals surface area contributed by atoms with E-state index in [1.54, 1.807) is 6.92 Å². The van der Waals surface area contributed by atoms with E-state index in [0.29, 0.717) is 0 Å². The minimum Gasteiger partial charge on any atom is -0.484 e. The molecule has 0 aliphatic rings. The van der Waals surface area contributed by atoms with E-state index in [4.69, 9.17) is 0 Å². The van der Waals surface area contributed by atoms with Gasteiger partial charge < -0.3 is 16.9 Å². The van der Waals surface area contributed by atoms with Crippen LogP contribution < -0.4 is 0 Å². The second-order valence-corrected chi connectivity index (χ2v) is 1.63. The van der Waals surface area contributed by atoms with Gasteiger partial charge in [-0.3, -0.25) is 0 Å². The molecule has 0 atom stereocenters. The Morgan fingerprint density at radius 3 is 1.36 bits per heavy atom. The standard InChI is InChI=1S/2C4H4N.C2H5.2Ru/c2*1-2-4-5-3-1;1-2;;/h2*1-3,5H;1H2,2H3;;/q3*-1;;+3. The van der Waals surface area contributed by atoms with Crippen LogP contribution in [0.4, 0.5) is 0 Å². The smallest absolute Gasteiger partial charge is 0.484 e. The van der Waals surface area contributed by atoms with E-state index in [-0.39, 0.29) is 39.0 Å². The van der Waals surface area contributed by atoms with E-state index in [2.05, 4.69) is 29.3 Å².